The number of allylic oxidation sites excluding steroid dienone is 8. The second kappa shape index (κ2) is 50.0. The van der Waals surface area contributed by atoms with Crippen LogP contribution in [-0.4, -0.2) is 37.2 Å². The van der Waals surface area contributed by atoms with Gasteiger partial charge in [-0.2, -0.15) is 0 Å². The molecule has 0 rings (SSSR count). The van der Waals surface area contributed by atoms with Crippen LogP contribution in [0.25, 0.3) is 0 Å². The van der Waals surface area contributed by atoms with Gasteiger partial charge in [0.25, 0.3) is 0 Å². The van der Waals surface area contributed by atoms with Gasteiger partial charge in [0.2, 0.25) is 0 Å². The molecule has 0 aliphatic rings. The maximum absolute atomic E-state index is 12.8. The smallest absolute Gasteiger partial charge is 0.306 e. The molecule has 354 valence electrons. The molecule has 0 aromatic rings. The third kappa shape index (κ3) is 48.3. The molecule has 0 aliphatic heterocycles. The summed E-state index contributed by atoms with van der Waals surface area (Å²) in [6.45, 7) is 6.57. The van der Waals surface area contributed by atoms with E-state index in [9.17, 15) is 14.4 Å². The molecule has 0 radical (unpaired) electrons. The van der Waals surface area contributed by atoms with E-state index >= 15 is 0 Å². The third-order valence-electron chi connectivity index (χ3n) is 11.3. The van der Waals surface area contributed by atoms with Crippen molar-refractivity contribution >= 4 is 17.9 Å². The summed E-state index contributed by atoms with van der Waals surface area (Å²) in [7, 11) is 0. The van der Waals surface area contributed by atoms with E-state index in [1.807, 2.05) is 0 Å². The van der Waals surface area contributed by atoms with Crippen LogP contribution >= 0.6 is 0 Å². The van der Waals surface area contributed by atoms with Gasteiger partial charge in [0.1, 0.15) is 13.2 Å². The molecule has 0 unspecified atom stereocenters. The van der Waals surface area contributed by atoms with E-state index in [0.717, 1.165) is 89.9 Å². The van der Waals surface area contributed by atoms with Crippen LogP contribution in [0.15, 0.2) is 48.6 Å². The normalized spacial score (nSPS) is 12.4. The van der Waals surface area contributed by atoms with E-state index in [1.165, 1.54) is 135 Å². The molecule has 6 heteroatoms. The molecular weight excluding hydrogens is 757 g/mol. The van der Waals surface area contributed by atoms with E-state index in [2.05, 4.69) is 69.4 Å². The van der Waals surface area contributed by atoms with Gasteiger partial charge in [-0.3, -0.25) is 14.4 Å². The SMILES string of the molecule is CCCCC/C=C\C/C=C\CCCCCCCC(=O)OC[C@H](COC(=O)CCCCCCCCC/C=C\CCCCCC)OC(=O)CCCCCCC/C=C\CCCCCC. The fraction of sp³-hybridized carbons (Fsp3) is 0.800. The molecule has 0 aromatic carbocycles. The van der Waals surface area contributed by atoms with Crippen molar-refractivity contribution in [2.75, 3.05) is 13.2 Å². The largest absolute Gasteiger partial charge is 0.462 e. The second-order valence-electron chi connectivity index (χ2n) is 17.4. The van der Waals surface area contributed by atoms with Crippen LogP contribution in [0.1, 0.15) is 265 Å². The van der Waals surface area contributed by atoms with Crippen molar-refractivity contribution < 1.29 is 28.6 Å². The van der Waals surface area contributed by atoms with Crippen molar-refractivity contribution in [1.82, 2.24) is 0 Å². The lowest BCUT2D eigenvalue weighted by Gasteiger charge is -2.18. The first-order chi connectivity index (χ1) is 30.0. The van der Waals surface area contributed by atoms with Crippen molar-refractivity contribution in [3.8, 4) is 0 Å². The Morgan fingerprint density at radius 2 is 0.590 bits per heavy atom. The van der Waals surface area contributed by atoms with Crippen molar-refractivity contribution in [3.63, 3.8) is 0 Å². The van der Waals surface area contributed by atoms with E-state index < -0.39 is 6.10 Å². The summed E-state index contributed by atoms with van der Waals surface area (Å²) in [6, 6.07) is 0. The van der Waals surface area contributed by atoms with Gasteiger partial charge in [0, 0.05) is 19.3 Å². The number of rotatable bonds is 47. The number of carbonyl (C=O) groups is 3. The fourth-order valence-electron chi connectivity index (χ4n) is 7.28. The Morgan fingerprint density at radius 1 is 0.328 bits per heavy atom. The minimum Gasteiger partial charge on any atom is -0.462 e. The average Bonchev–Trinajstić information content (AvgIpc) is 3.26. The monoisotopic (exact) mass is 855 g/mol. The summed E-state index contributed by atoms with van der Waals surface area (Å²) in [5, 5.41) is 0. The number of esters is 3. The zero-order valence-electron chi connectivity index (χ0n) is 40.4. The maximum Gasteiger partial charge on any atom is 0.306 e. The van der Waals surface area contributed by atoms with E-state index in [0.29, 0.717) is 19.3 Å². The second-order valence-corrected chi connectivity index (χ2v) is 17.4. The van der Waals surface area contributed by atoms with Gasteiger partial charge in [0.05, 0.1) is 0 Å². The molecule has 1 atom stereocenters. The highest BCUT2D eigenvalue weighted by Crippen LogP contribution is 2.14. The number of unbranched alkanes of at least 4 members (excludes halogenated alkanes) is 28. The van der Waals surface area contributed by atoms with E-state index in [1.54, 1.807) is 0 Å². The topological polar surface area (TPSA) is 78.9 Å². The summed E-state index contributed by atoms with van der Waals surface area (Å²) in [6.07, 6.45) is 59.4. The number of hydrogen-bond acceptors (Lipinski definition) is 6. The lowest BCUT2D eigenvalue weighted by molar-refractivity contribution is -0.167. The Hall–Kier alpha value is -2.63. The molecule has 0 fully saturated rings. The van der Waals surface area contributed by atoms with Crippen LogP contribution in [0.3, 0.4) is 0 Å². The average molecular weight is 855 g/mol. The van der Waals surface area contributed by atoms with Crippen LogP contribution in [0.4, 0.5) is 0 Å². The van der Waals surface area contributed by atoms with Crippen molar-refractivity contribution in [2.24, 2.45) is 0 Å². The van der Waals surface area contributed by atoms with Crippen LogP contribution in [-0.2, 0) is 28.6 Å². The molecule has 0 saturated heterocycles. The molecule has 0 saturated carbocycles. The number of carbonyl (C=O) groups excluding carboxylic acids is 3. The highest BCUT2D eigenvalue weighted by molar-refractivity contribution is 5.71. The van der Waals surface area contributed by atoms with E-state index in [4.69, 9.17) is 14.2 Å². The Kier molecular flexibility index (Phi) is 47.9. The first kappa shape index (κ1) is 58.4. The minimum absolute atomic E-state index is 0.0825. The third-order valence-corrected chi connectivity index (χ3v) is 11.3. The van der Waals surface area contributed by atoms with Crippen molar-refractivity contribution in [3.05, 3.63) is 48.6 Å². The summed E-state index contributed by atoms with van der Waals surface area (Å²) < 4.78 is 16.8. The van der Waals surface area contributed by atoms with Gasteiger partial charge in [-0.25, -0.2) is 0 Å². The Bertz CT molecular complexity index is 1070. The predicted octanol–water partition coefficient (Wildman–Crippen LogP) is 17.1. The van der Waals surface area contributed by atoms with E-state index in [-0.39, 0.29) is 31.1 Å². The highest BCUT2D eigenvalue weighted by Gasteiger charge is 2.19. The summed E-state index contributed by atoms with van der Waals surface area (Å²) >= 11 is 0. The molecule has 0 amide bonds. The van der Waals surface area contributed by atoms with Crippen LogP contribution in [0.2, 0.25) is 0 Å². The maximum atomic E-state index is 12.8. The van der Waals surface area contributed by atoms with Crippen molar-refractivity contribution in [2.45, 2.75) is 271 Å². The van der Waals surface area contributed by atoms with Gasteiger partial charge in [0.15, 0.2) is 6.10 Å². The lowest BCUT2D eigenvalue weighted by atomic mass is 10.1. The van der Waals surface area contributed by atoms with Gasteiger partial charge < -0.3 is 14.2 Å². The fourth-order valence-corrected chi connectivity index (χ4v) is 7.28. The van der Waals surface area contributed by atoms with Gasteiger partial charge in [-0.1, -0.05) is 191 Å². The first-order valence-corrected chi connectivity index (χ1v) is 26.1. The van der Waals surface area contributed by atoms with Crippen LogP contribution in [0.5, 0.6) is 0 Å². The molecule has 0 bridgehead atoms. The summed E-state index contributed by atoms with van der Waals surface area (Å²) in [5.74, 6) is -0.903. The lowest BCUT2D eigenvalue weighted by Crippen LogP contribution is -2.30. The summed E-state index contributed by atoms with van der Waals surface area (Å²) in [4.78, 5) is 38.0. The first-order valence-electron chi connectivity index (χ1n) is 26.1. The molecule has 0 spiro atoms. The molecule has 0 aromatic heterocycles. The van der Waals surface area contributed by atoms with Gasteiger partial charge >= 0.3 is 17.9 Å². The van der Waals surface area contributed by atoms with Gasteiger partial charge in [-0.15, -0.1) is 0 Å². The predicted molar refractivity (Wildman–Crippen MR) is 261 cm³/mol. The van der Waals surface area contributed by atoms with Crippen LogP contribution in [0, 0.1) is 0 Å². The molecular formula is C55H98O6. The minimum atomic E-state index is -0.783. The Morgan fingerprint density at radius 3 is 0.951 bits per heavy atom. The Labute approximate surface area is 378 Å². The molecule has 6 nitrogen and oxygen atoms in total. The zero-order chi connectivity index (χ0) is 44.4. The molecule has 0 N–H and O–H groups in total. The number of ether oxygens (including phenoxy) is 3. The number of hydrogen-bond donors (Lipinski definition) is 0. The van der Waals surface area contributed by atoms with Gasteiger partial charge in [-0.05, 0) is 103 Å². The van der Waals surface area contributed by atoms with Crippen molar-refractivity contribution in [1.29, 1.82) is 0 Å². The molecule has 0 heterocycles. The molecule has 61 heavy (non-hydrogen) atoms. The zero-order valence-corrected chi connectivity index (χ0v) is 40.4. The summed E-state index contributed by atoms with van der Waals surface area (Å²) in [5.41, 5.74) is 0. The Balaban J connectivity index is 4.40. The highest BCUT2D eigenvalue weighted by atomic mass is 16.6. The molecule has 0 aliphatic carbocycles. The standard InChI is InChI=1S/C55H98O6/c1-4-7-10-13-16-19-22-25-27-30-32-35-38-41-44-47-53(56)59-50-52(61-55(58)49-46-43-40-37-34-29-24-21-18-15-12-9-6-3)51-60-54(57)48-45-42-39-36-33-31-28-26-23-20-17-14-11-8-5-2/h16,19-21,23-25,27,52H,4-15,17-18,22,26,28-51H2,1-3H3/b19-16-,23-20-,24-21-,27-25-/t52-/m1/s1. The van der Waals surface area contributed by atoms with Crippen LogP contribution < -0.4 is 0 Å². The quantitative estimate of drug-likeness (QED) is 0.0263.